The van der Waals surface area contributed by atoms with Gasteiger partial charge in [0, 0.05) is 27.6 Å². The third kappa shape index (κ3) is 6.23. The van der Waals surface area contributed by atoms with Crippen molar-refractivity contribution >= 4 is 65.8 Å². The van der Waals surface area contributed by atoms with Gasteiger partial charge in [0.2, 0.25) is 15.9 Å². The summed E-state index contributed by atoms with van der Waals surface area (Å²) >= 11 is 15.6. The maximum absolute atomic E-state index is 13.5. The average Bonchev–Trinajstić information content (AvgIpc) is 2.84. The lowest BCUT2D eigenvalue weighted by atomic mass is 10.0. The van der Waals surface area contributed by atoms with E-state index in [0.29, 0.717) is 15.6 Å². The highest BCUT2D eigenvalue weighted by atomic mass is 79.9. The molecule has 0 radical (unpaired) electrons. The largest absolute Gasteiger partial charge is 0.351 e. The molecule has 35 heavy (non-hydrogen) atoms. The molecule has 0 aliphatic carbocycles. The molecule has 9 heteroatoms. The van der Waals surface area contributed by atoms with Gasteiger partial charge in [0.05, 0.1) is 11.4 Å². The van der Waals surface area contributed by atoms with E-state index in [-0.39, 0.29) is 24.5 Å². The van der Waals surface area contributed by atoms with Gasteiger partial charge in [-0.05, 0) is 58.3 Å². The van der Waals surface area contributed by atoms with Crippen LogP contribution in [-0.4, -0.2) is 25.2 Å². The van der Waals surface area contributed by atoms with E-state index < -0.39 is 15.9 Å². The van der Waals surface area contributed by atoms with Crippen LogP contribution in [0.4, 0.5) is 0 Å². The smallest absolute Gasteiger partial charge is 0.243 e. The Morgan fingerprint density at radius 2 is 1.60 bits per heavy atom. The zero-order valence-corrected chi connectivity index (χ0v) is 22.3. The van der Waals surface area contributed by atoms with Crippen LogP contribution in [0.2, 0.25) is 10.0 Å². The molecule has 0 spiro atoms. The van der Waals surface area contributed by atoms with Crippen molar-refractivity contribution in [2.24, 2.45) is 0 Å². The molecular weight excluding hydrogens is 571 g/mol. The summed E-state index contributed by atoms with van der Waals surface area (Å²) < 4.78 is 28.8. The van der Waals surface area contributed by atoms with Crippen LogP contribution in [0.15, 0.2) is 94.3 Å². The second-order valence-electron chi connectivity index (χ2n) is 7.88. The minimum atomic E-state index is -4.00. The van der Waals surface area contributed by atoms with E-state index >= 15 is 0 Å². The number of halogens is 3. The molecule has 0 aliphatic heterocycles. The first kappa shape index (κ1) is 25.7. The predicted molar refractivity (Wildman–Crippen MR) is 144 cm³/mol. The van der Waals surface area contributed by atoms with E-state index in [1.165, 1.54) is 12.1 Å². The second-order valence-corrected chi connectivity index (χ2v) is 11.6. The van der Waals surface area contributed by atoms with E-state index in [1.54, 1.807) is 30.3 Å². The molecule has 180 valence electrons. The summed E-state index contributed by atoms with van der Waals surface area (Å²) in [7, 11) is -4.00. The van der Waals surface area contributed by atoms with Crippen LogP contribution >= 0.6 is 39.1 Å². The third-order valence-electron chi connectivity index (χ3n) is 5.49. The maximum atomic E-state index is 13.5. The maximum Gasteiger partial charge on any atom is 0.243 e. The lowest BCUT2D eigenvalue weighted by molar-refractivity contribution is -0.121. The number of carbonyl (C=O) groups is 1. The molecule has 0 unspecified atom stereocenters. The van der Waals surface area contributed by atoms with Crippen molar-refractivity contribution in [1.29, 1.82) is 0 Å². The minimum absolute atomic E-state index is 0.0765. The molecule has 0 saturated heterocycles. The Kier molecular flexibility index (Phi) is 8.14. The molecule has 0 aliphatic rings. The third-order valence-corrected chi connectivity index (χ3v) is 8.41. The molecule has 4 aromatic carbocycles. The highest BCUT2D eigenvalue weighted by Gasteiger charge is 2.27. The van der Waals surface area contributed by atoms with Crippen LogP contribution in [0.5, 0.6) is 0 Å². The number of nitrogens with zero attached hydrogens (tertiary/aromatic N) is 1. The van der Waals surface area contributed by atoms with Gasteiger partial charge < -0.3 is 5.32 Å². The van der Waals surface area contributed by atoms with E-state index in [9.17, 15) is 13.2 Å². The Morgan fingerprint density at radius 3 is 2.34 bits per heavy atom. The monoisotopic (exact) mass is 590 g/mol. The Hall–Kier alpha value is -2.42. The van der Waals surface area contributed by atoms with Crippen LogP contribution in [0.1, 0.15) is 11.1 Å². The molecule has 4 rings (SSSR count). The van der Waals surface area contributed by atoms with Crippen LogP contribution in [0.25, 0.3) is 10.8 Å². The summed E-state index contributed by atoms with van der Waals surface area (Å²) in [6.07, 6.45) is 0. The first-order chi connectivity index (χ1) is 16.7. The van der Waals surface area contributed by atoms with E-state index in [2.05, 4.69) is 21.2 Å². The number of sulfonamides is 1. The number of carbonyl (C=O) groups excluding carboxylic acids is 1. The number of fused-ring (bicyclic) bond motifs is 1. The van der Waals surface area contributed by atoms with Crippen LogP contribution in [0.3, 0.4) is 0 Å². The van der Waals surface area contributed by atoms with Gasteiger partial charge in [0.25, 0.3) is 0 Å². The Labute approximate surface area is 222 Å². The molecule has 0 bridgehead atoms. The molecule has 4 aromatic rings. The Bertz CT molecular complexity index is 1470. The van der Waals surface area contributed by atoms with Gasteiger partial charge in [-0.1, -0.05) is 87.7 Å². The fourth-order valence-electron chi connectivity index (χ4n) is 3.68. The summed E-state index contributed by atoms with van der Waals surface area (Å²) in [5.41, 5.74) is 1.48. The number of benzene rings is 4. The fourth-order valence-corrected chi connectivity index (χ4v) is 5.78. The van der Waals surface area contributed by atoms with E-state index in [4.69, 9.17) is 23.2 Å². The molecule has 5 nitrogen and oxygen atoms in total. The van der Waals surface area contributed by atoms with Crippen molar-refractivity contribution in [1.82, 2.24) is 9.62 Å². The normalized spacial score (nSPS) is 11.7. The summed E-state index contributed by atoms with van der Waals surface area (Å²) in [6, 6.07) is 24.8. The quantitative estimate of drug-likeness (QED) is 0.257. The molecule has 1 N–H and O–H groups in total. The standard InChI is InChI=1S/C26H21BrCl2N2O3S/c27-21-9-12-23(13-10-21)35(33,34)31(16-20-8-11-22(28)14-25(20)29)17-26(32)30-15-19-6-3-5-18-4-1-2-7-24(18)19/h1-14H,15-17H2,(H,30,32). The molecule has 0 heterocycles. The van der Waals surface area contributed by atoms with Crippen molar-refractivity contribution in [2.75, 3.05) is 6.54 Å². The molecule has 0 fully saturated rings. The lowest BCUT2D eigenvalue weighted by Gasteiger charge is -2.23. The van der Waals surface area contributed by atoms with E-state index in [1.807, 2.05) is 42.5 Å². The summed E-state index contributed by atoms with van der Waals surface area (Å²) in [6.45, 7) is -0.188. The van der Waals surface area contributed by atoms with Gasteiger partial charge in [0.15, 0.2) is 0 Å². The minimum Gasteiger partial charge on any atom is -0.351 e. The van der Waals surface area contributed by atoms with Crippen molar-refractivity contribution in [3.63, 3.8) is 0 Å². The van der Waals surface area contributed by atoms with Gasteiger partial charge >= 0.3 is 0 Å². The highest BCUT2D eigenvalue weighted by molar-refractivity contribution is 9.10. The number of amides is 1. The summed E-state index contributed by atoms with van der Waals surface area (Å²) in [4.78, 5) is 13.0. The summed E-state index contributed by atoms with van der Waals surface area (Å²) in [5, 5.41) is 5.72. The highest BCUT2D eigenvalue weighted by Crippen LogP contribution is 2.26. The average molecular weight is 592 g/mol. The molecule has 0 aromatic heterocycles. The van der Waals surface area contributed by atoms with Crippen molar-refractivity contribution in [2.45, 2.75) is 18.0 Å². The molecular formula is C26H21BrCl2N2O3S. The predicted octanol–water partition coefficient (Wildman–Crippen LogP) is 6.42. The summed E-state index contributed by atoms with van der Waals surface area (Å²) in [5.74, 6) is -0.427. The van der Waals surface area contributed by atoms with Gasteiger partial charge in [-0.3, -0.25) is 4.79 Å². The number of rotatable bonds is 8. The number of hydrogen-bond donors (Lipinski definition) is 1. The molecule has 0 atom stereocenters. The van der Waals surface area contributed by atoms with Gasteiger partial charge in [0.1, 0.15) is 0 Å². The zero-order chi connectivity index (χ0) is 25.0. The first-order valence-corrected chi connectivity index (χ1v) is 13.7. The van der Waals surface area contributed by atoms with Crippen LogP contribution in [-0.2, 0) is 27.9 Å². The number of nitrogens with one attached hydrogen (secondary N) is 1. The van der Waals surface area contributed by atoms with Gasteiger partial charge in [-0.15, -0.1) is 0 Å². The zero-order valence-electron chi connectivity index (χ0n) is 18.4. The lowest BCUT2D eigenvalue weighted by Crippen LogP contribution is -2.40. The van der Waals surface area contributed by atoms with Crippen molar-refractivity contribution in [3.05, 3.63) is 111 Å². The Balaban J connectivity index is 1.57. The first-order valence-electron chi connectivity index (χ1n) is 10.7. The topological polar surface area (TPSA) is 66.5 Å². The second kappa shape index (κ2) is 11.1. The van der Waals surface area contributed by atoms with E-state index in [0.717, 1.165) is 25.1 Å². The molecule has 1 amide bonds. The number of hydrogen-bond acceptors (Lipinski definition) is 3. The van der Waals surface area contributed by atoms with Crippen molar-refractivity contribution in [3.8, 4) is 0 Å². The Morgan fingerprint density at radius 1 is 0.886 bits per heavy atom. The fraction of sp³-hybridized carbons (Fsp3) is 0.115. The van der Waals surface area contributed by atoms with Gasteiger partial charge in [-0.2, -0.15) is 4.31 Å². The van der Waals surface area contributed by atoms with Crippen molar-refractivity contribution < 1.29 is 13.2 Å². The molecule has 0 saturated carbocycles. The van der Waals surface area contributed by atoms with Crippen LogP contribution < -0.4 is 5.32 Å². The van der Waals surface area contributed by atoms with Gasteiger partial charge in [-0.25, -0.2) is 8.42 Å². The van der Waals surface area contributed by atoms with Crippen LogP contribution in [0, 0.1) is 0 Å². The SMILES string of the molecule is O=C(CN(Cc1ccc(Cl)cc1Cl)S(=O)(=O)c1ccc(Br)cc1)NCc1cccc2ccccc12.